The lowest BCUT2D eigenvalue weighted by Crippen LogP contribution is -2.68. The fourth-order valence-electron chi connectivity index (χ4n) is 8.66. The summed E-state index contributed by atoms with van der Waals surface area (Å²) in [6.07, 6.45) is 2.76. The number of amides is 1. The third-order valence-electron chi connectivity index (χ3n) is 12.7. The molecule has 15 heteroatoms. The third kappa shape index (κ3) is 7.17. The lowest BCUT2D eigenvalue weighted by Gasteiger charge is -2.53. The quantitative estimate of drug-likeness (QED) is 0.126. The zero-order valence-corrected chi connectivity index (χ0v) is 37.4. The summed E-state index contributed by atoms with van der Waals surface area (Å²) in [7, 11) is 0.719. The molecule has 1 aliphatic heterocycles. The first-order chi connectivity index (χ1) is 27.0. The van der Waals surface area contributed by atoms with Crippen molar-refractivity contribution in [3.05, 3.63) is 39.4 Å². The number of hydrogen-bond acceptors (Lipinski definition) is 12. The van der Waals surface area contributed by atoms with Gasteiger partial charge in [0.05, 0.1) is 30.5 Å². The van der Waals surface area contributed by atoms with E-state index < -0.39 is 77.7 Å². The Morgan fingerprint density at radius 3 is 2.28 bits per heavy atom. The number of nitrogens with zero attached hydrogens (tertiary/aromatic N) is 3. The van der Waals surface area contributed by atoms with Gasteiger partial charge in [-0.3, -0.25) is 14.5 Å². The van der Waals surface area contributed by atoms with Crippen LogP contribution in [-0.4, -0.2) is 86.2 Å². The van der Waals surface area contributed by atoms with Gasteiger partial charge in [0.1, 0.15) is 22.7 Å². The highest BCUT2D eigenvalue weighted by Gasteiger charge is 2.68. The van der Waals surface area contributed by atoms with Gasteiger partial charge in [-0.15, -0.1) is 0 Å². The summed E-state index contributed by atoms with van der Waals surface area (Å²) in [5.41, 5.74) is 4.48. The van der Waals surface area contributed by atoms with E-state index in [0.29, 0.717) is 19.3 Å². The number of nitrogens with two attached hydrogens (primary N) is 1. The molecule has 0 spiro atoms. The number of ether oxygens (including phenoxy) is 3. The second kappa shape index (κ2) is 15.7. The summed E-state index contributed by atoms with van der Waals surface area (Å²) < 4.78 is 48.7. The minimum atomic E-state index is -2.98. The molecule has 1 aromatic heterocycles. The van der Waals surface area contributed by atoms with Gasteiger partial charge < -0.3 is 38.9 Å². The minimum absolute atomic E-state index is 0.00146. The van der Waals surface area contributed by atoms with Gasteiger partial charge in [0.2, 0.25) is 11.6 Å². The lowest BCUT2D eigenvalue weighted by molar-refractivity contribution is -0.138. The number of rotatable bonds is 11. The molecule has 13 nitrogen and oxygen atoms in total. The van der Waals surface area contributed by atoms with E-state index in [9.17, 15) is 9.90 Å². The first kappa shape index (κ1) is 43.8. The summed E-state index contributed by atoms with van der Waals surface area (Å²) >= 11 is 0. The largest absolute Gasteiger partial charge is 0.507 e. The normalized spacial score (nSPS) is 24.6. The van der Waals surface area contributed by atoms with E-state index in [1.54, 1.807) is 20.8 Å². The number of aromatic nitrogens is 1. The summed E-state index contributed by atoms with van der Waals surface area (Å²) in [6.45, 7) is 19.9. The first-order valence-electron chi connectivity index (χ1n) is 20.8. The number of carbonyl (C=O) groups excluding carboxylic acids is 3. The van der Waals surface area contributed by atoms with Gasteiger partial charge in [0, 0.05) is 35.2 Å². The Morgan fingerprint density at radius 1 is 1.05 bits per heavy atom. The van der Waals surface area contributed by atoms with E-state index in [2.05, 4.69) is 5.16 Å². The molecular formula is C43H63FN4O9Si. The number of carbonyl (C=O) groups is 3. The zero-order chi connectivity index (χ0) is 42.9. The van der Waals surface area contributed by atoms with E-state index in [4.69, 9.17) is 28.9 Å². The Hall–Kier alpha value is -3.79. The minimum Gasteiger partial charge on any atom is -0.507 e. The second-order valence-corrected chi connectivity index (χ2v) is 23.8. The van der Waals surface area contributed by atoms with Crippen molar-refractivity contribution in [2.45, 2.75) is 142 Å². The Balaban J connectivity index is 1.63. The van der Waals surface area contributed by atoms with Gasteiger partial charge in [-0.25, -0.2) is 9.18 Å². The molecule has 1 fully saturated rings. The Morgan fingerprint density at radius 2 is 1.69 bits per heavy atom. The molecule has 0 saturated heterocycles. The van der Waals surface area contributed by atoms with Crippen molar-refractivity contribution in [2.24, 2.45) is 17.6 Å². The first-order valence-corrected chi connectivity index (χ1v) is 23.7. The molecule has 2 heterocycles. The molecule has 2 aromatic rings. The zero-order valence-electron chi connectivity index (χ0n) is 36.4. The van der Waals surface area contributed by atoms with Gasteiger partial charge in [-0.05, 0) is 96.2 Å². The molecule has 1 saturated carbocycles. The van der Waals surface area contributed by atoms with Crippen molar-refractivity contribution in [3.8, 4) is 11.6 Å². The van der Waals surface area contributed by atoms with Crippen LogP contribution in [0.3, 0.4) is 0 Å². The molecule has 0 bridgehead atoms. The predicted molar refractivity (Wildman–Crippen MR) is 220 cm³/mol. The highest BCUT2D eigenvalue weighted by atomic mass is 28.4. The molecule has 6 rings (SSSR count). The third-order valence-corrected chi connectivity index (χ3v) is 17.1. The number of ketones is 2. The van der Waals surface area contributed by atoms with E-state index >= 15 is 14.0 Å². The SMILES string of the molecule is CCCCOc1noc2c1C(=O)[C@@]1(O[Si](C)(C)C(C)(C)C)C(=O)C3=C(O)c4c(c(F)c5c(c4OCCCC)N(C(=O)OC(C)(C)C)CCC5N(C)C)C[C@H]3C[C@H]1[C@@H]2N. The lowest BCUT2D eigenvalue weighted by atomic mass is 9.57. The number of unbranched alkanes of at least 4 members (excludes halogenated alkanes) is 2. The van der Waals surface area contributed by atoms with Crippen LogP contribution in [0.2, 0.25) is 18.1 Å². The molecule has 4 aliphatic rings. The smallest absolute Gasteiger partial charge is 0.414 e. The van der Waals surface area contributed by atoms with E-state index in [-0.39, 0.29) is 83.5 Å². The average molecular weight is 827 g/mol. The fourth-order valence-corrected chi connectivity index (χ4v) is 10.1. The highest BCUT2D eigenvalue weighted by Crippen LogP contribution is 2.59. The van der Waals surface area contributed by atoms with Crippen molar-refractivity contribution in [3.63, 3.8) is 0 Å². The molecule has 320 valence electrons. The van der Waals surface area contributed by atoms with E-state index in [0.717, 1.165) is 12.8 Å². The molecule has 1 unspecified atom stereocenters. The summed E-state index contributed by atoms with van der Waals surface area (Å²) in [5, 5.41) is 16.3. The Bertz CT molecular complexity index is 2000. The highest BCUT2D eigenvalue weighted by molar-refractivity contribution is 6.74. The van der Waals surface area contributed by atoms with E-state index in [1.807, 2.05) is 66.7 Å². The van der Waals surface area contributed by atoms with Gasteiger partial charge >= 0.3 is 6.09 Å². The Kier molecular flexibility index (Phi) is 11.8. The standard InChI is InChI=1S/C43H63FN4O9Si/c1-13-15-19-53-36-28-24(31(44)29-26(47(9)10)17-18-48(33(29)36)40(52)55-41(3,4)5)21-23-22-25-32(45)35-30(39(46-56-35)54-20-16-14-2)38(51)43(25,37(50)27(23)34(28)49)57-58(11,12)42(6,7)8/h23,25-26,32,49H,13-22,45H2,1-12H3/t23-,25-,26?,32-,43-/m0/s1. The Labute approximate surface area is 342 Å². The van der Waals surface area contributed by atoms with Crippen LogP contribution in [0, 0.1) is 17.7 Å². The van der Waals surface area contributed by atoms with Crippen LogP contribution in [0.5, 0.6) is 11.6 Å². The maximum absolute atomic E-state index is 17.6. The van der Waals surface area contributed by atoms with Gasteiger partial charge in [-0.2, -0.15) is 0 Å². The molecule has 0 radical (unpaired) electrons. The summed E-state index contributed by atoms with van der Waals surface area (Å²) in [5.74, 6) is -4.05. The van der Waals surface area contributed by atoms with Crippen molar-refractivity contribution in [2.75, 3.05) is 38.8 Å². The van der Waals surface area contributed by atoms with E-state index in [1.165, 1.54) is 4.90 Å². The van der Waals surface area contributed by atoms with Crippen LogP contribution >= 0.6 is 0 Å². The number of benzene rings is 1. The maximum atomic E-state index is 17.6. The average Bonchev–Trinajstić information content (AvgIpc) is 3.55. The number of aliphatic hydroxyl groups excluding tert-OH is 1. The summed E-state index contributed by atoms with van der Waals surface area (Å²) in [4.78, 5) is 48.2. The fraction of sp³-hybridized carbons (Fsp3) is 0.674. The van der Waals surface area contributed by atoms with Gasteiger partial charge in [-0.1, -0.05) is 47.5 Å². The number of aliphatic hydroxyl groups is 1. The molecule has 58 heavy (non-hydrogen) atoms. The number of Topliss-reactive ketones (excluding diaryl/α,β-unsaturated/α-hetero) is 2. The molecular weight excluding hydrogens is 764 g/mol. The number of hydrogen-bond donors (Lipinski definition) is 2. The molecule has 5 atom stereocenters. The van der Waals surface area contributed by atoms with Crippen LogP contribution in [-0.2, 0) is 20.4 Å². The molecule has 3 aliphatic carbocycles. The van der Waals surface area contributed by atoms with Gasteiger partial charge in [0.15, 0.2) is 25.4 Å². The second-order valence-electron chi connectivity index (χ2n) is 19.1. The van der Waals surface area contributed by atoms with Crippen LogP contribution in [0.25, 0.3) is 5.76 Å². The molecule has 1 aromatic carbocycles. The predicted octanol–water partition coefficient (Wildman–Crippen LogP) is 8.61. The van der Waals surface area contributed by atoms with Crippen LogP contribution in [0.15, 0.2) is 10.1 Å². The van der Waals surface area contributed by atoms with Gasteiger partial charge in [0.25, 0.3) is 5.88 Å². The maximum Gasteiger partial charge on any atom is 0.414 e. The van der Waals surface area contributed by atoms with Crippen LogP contribution < -0.4 is 20.1 Å². The molecule has 1 amide bonds. The number of fused-ring (bicyclic) bond motifs is 5. The molecule has 3 N–H and O–H groups in total. The van der Waals surface area contributed by atoms with Crippen molar-refractivity contribution < 1.29 is 47.0 Å². The van der Waals surface area contributed by atoms with Crippen molar-refractivity contribution >= 4 is 37.4 Å². The van der Waals surface area contributed by atoms with Crippen molar-refractivity contribution in [1.82, 2.24) is 10.1 Å². The topological polar surface area (TPSA) is 167 Å². The monoisotopic (exact) mass is 826 g/mol. The van der Waals surface area contributed by atoms with Crippen LogP contribution in [0.1, 0.15) is 139 Å². The number of anilines is 1. The summed E-state index contributed by atoms with van der Waals surface area (Å²) in [6, 6.07) is -1.45. The van der Waals surface area contributed by atoms with Crippen molar-refractivity contribution in [1.29, 1.82) is 0 Å². The number of halogens is 1. The van der Waals surface area contributed by atoms with Crippen LogP contribution in [0.4, 0.5) is 14.9 Å².